The first-order valence-corrected chi connectivity index (χ1v) is 3.21. The van der Waals surface area contributed by atoms with Crippen molar-refractivity contribution in [1.82, 2.24) is 0 Å². The van der Waals surface area contributed by atoms with E-state index in [2.05, 4.69) is 0 Å². The van der Waals surface area contributed by atoms with E-state index in [1.165, 1.54) is 11.3 Å². The highest BCUT2D eigenvalue weighted by Gasteiger charge is 2.11. The third kappa shape index (κ3) is 0.869. The third-order valence-corrected chi connectivity index (χ3v) is 1.95. The van der Waals surface area contributed by atoms with Gasteiger partial charge in [0, 0.05) is 17.0 Å². The summed E-state index contributed by atoms with van der Waals surface area (Å²) in [6, 6.07) is 1.67. The lowest BCUT2D eigenvalue weighted by atomic mass is 10.5. The van der Waals surface area contributed by atoms with E-state index in [0.717, 1.165) is 0 Å². The van der Waals surface area contributed by atoms with Crippen molar-refractivity contribution in [2.75, 3.05) is 0 Å². The van der Waals surface area contributed by atoms with Crippen LogP contribution in [0.2, 0.25) is 5.02 Å². The predicted octanol–water partition coefficient (Wildman–Crippen LogP) is 1.86. The topological polar surface area (TPSA) is 17.1 Å². The maximum absolute atomic E-state index is 9.89. The van der Waals surface area contributed by atoms with Crippen LogP contribution >= 0.6 is 22.9 Å². The summed E-state index contributed by atoms with van der Waals surface area (Å²) in [6.45, 7) is 0. The zero-order chi connectivity index (χ0) is 5.98. The van der Waals surface area contributed by atoms with Gasteiger partial charge in [0.1, 0.15) is 0 Å². The second kappa shape index (κ2) is 2.23. The molecule has 1 nitrogen and oxygen atoms in total. The van der Waals surface area contributed by atoms with Crippen LogP contribution in [0.1, 0.15) is 4.88 Å². The molecule has 0 radical (unpaired) electrons. The molecule has 0 aliphatic heterocycles. The van der Waals surface area contributed by atoms with Gasteiger partial charge in [-0.3, -0.25) is 0 Å². The molecule has 40 valence electrons. The van der Waals surface area contributed by atoms with Crippen molar-refractivity contribution in [3.8, 4) is 0 Å². The third-order valence-electron chi connectivity index (χ3n) is 0.710. The zero-order valence-electron chi connectivity index (χ0n) is 3.85. The minimum Gasteiger partial charge on any atom is -0.0951 e. The summed E-state index contributed by atoms with van der Waals surface area (Å²) in [6.07, 6.45) is 1.71. The fourth-order valence-electron chi connectivity index (χ4n) is 0.367. The number of carbonyl (C=O) groups excluding carboxylic acids is 1. The van der Waals surface area contributed by atoms with Gasteiger partial charge < -0.3 is 0 Å². The Hall–Kier alpha value is -0.430. The summed E-state index contributed by atoms with van der Waals surface area (Å²) in [7, 11) is 0. The van der Waals surface area contributed by atoms with E-state index in [1.54, 1.807) is 17.7 Å². The molecule has 8 heavy (non-hydrogen) atoms. The second-order valence-corrected chi connectivity index (χ2v) is 2.52. The second-order valence-electron chi connectivity index (χ2n) is 1.20. The van der Waals surface area contributed by atoms with Gasteiger partial charge in [-0.1, -0.05) is 16.1 Å². The standard InChI is InChI=1S/C5H2ClOS/c6-4-1-2-8-5(4)3-7/h1-2H/q+1. The Morgan fingerprint density at radius 2 is 2.50 bits per heavy atom. The highest BCUT2D eigenvalue weighted by Crippen LogP contribution is 2.18. The van der Waals surface area contributed by atoms with Crippen LogP contribution in [0.3, 0.4) is 0 Å². The number of hydrogen-bond acceptors (Lipinski definition) is 2. The molecule has 3 heteroatoms. The molecule has 0 aliphatic carbocycles. The summed E-state index contributed by atoms with van der Waals surface area (Å²) in [5, 5.41) is 2.24. The molecule has 1 aromatic rings. The van der Waals surface area contributed by atoms with Gasteiger partial charge in [0.25, 0.3) is 0 Å². The van der Waals surface area contributed by atoms with E-state index in [9.17, 15) is 4.79 Å². The average Bonchev–Trinajstić information content (AvgIpc) is 2.14. The molecule has 0 fully saturated rings. The number of thiophene rings is 1. The van der Waals surface area contributed by atoms with Crippen molar-refractivity contribution in [3.05, 3.63) is 21.3 Å². The van der Waals surface area contributed by atoms with Crippen molar-refractivity contribution in [1.29, 1.82) is 0 Å². The summed E-state index contributed by atoms with van der Waals surface area (Å²) >= 11 is 6.78. The van der Waals surface area contributed by atoms with Crippen molar-refractivity contribution >= 4 is 29.2 Å². The Labute approximate surface area is 55.9 Å². The molecule has 1 rings (SSSR count). The van der Waals surface area contributed by atoms with E-state index in [0.29, 0.717) is 9.90 Å². The van der Waals surface area contributed by atoms with Crippen LogP contribution in [0.25, 0.3) is 0 Å². The Morgan fingerprint density at radius 1 is 1.75 bits per heavy atom. The van der Waals surface area contributed by atoms with E-state index in [1.807, 2.05) is 0 Å². The Balaban J connectivity index is 3.09. The molecule has 0 atom stereocenters. The van der Waals surface area contributed by atoms with Crippen molar-refractivity contribution < 1.29 is 4.79 Å². The minimum absolute atomic E-state index is 0.478. The van der Waals surface area contributed by atoms with E-state index >= 15 is 0 Å². The predicted molar refractivity (Wildman–Crippen MR) is 34.1 cm³/mol. The fraction of sp³-hybridized carbons (Fsp3) is 0. The van der Waals surface area contributed by atoms with Gasteiger partial charge in [0.15, 0.2) is 0 Å². The quantitative estimate of drug-likeness (QED) is 0.552. The lowest BCUT2D eigenvalue weighted by Gasteiger charge is -1.59. The van der Waals surface area contributed by atoms with Crippen LogP contribution in [-0.4, -0.2) is 6.29 Å². The van der Waals surface area contributed by atoms with Crippen LogP contribution in [0.4, 0.5) is 0 Å². The van der Waals surface area contributed by atoms with E-state index < -0.39 is 0 Å². The molecule has 0 amide bonds. The molecule has 0 aromatic carbocycles. The average molecular weight is 146 g/mol. The normalized spacial score (nSPS) is 8.62. The minimum atomic E-state index is 0.478. The molecular formula is C5H2ClOS+. The Kier molecular flexibility index (Phi) is 1.59. The monoisotopic (exact) mass is 145 g/mol. The highest BCUT2D eigenvalue weighted by atomic mass is 35.5. The molecule has 1 heterocycles. The summed E-state index contributed by atoms with van der Waals surface area (Å²) in [5.74, 6) is 0. The first-order chi connectivity index (χ1) is 3.84. The van der Waals surface area contributed by atoms with Gasteiger partial charge in [-0.2, -0.15) is 0 Å². The molecule has 0 bridgehead atoms. The molecule has 1 aromatic heterocycles. The van der Waals surface area contributed by atoms with Gasteiger partial charge in [0.05, 0.1) is 6.07 Å². The smallest absolute Gasteiger partial charge is 0.0951 e. The summed E-state index contributed by atoms with van der Waals surface area (Å²) < 4.78 is 0. The number of halogens is 1. The lowest BCUT2D eigenvalue weighted by Crippen LogP contribution is -1.67. The number of rotatable bonds is 1. The van der Waals surface area contributed by atoms with Gasteiger partial charge >= 0.3 is 11.2 Å². The largest absolute Gasteiger partial charge is 0.378 e. The molecule has 0 N–H and O–H groups in total. The Bertz CT molecular complexity index is 194. The van der Waals surface area contributed by atoms with Crippen LogP contribution < -0.4 is 0 Å². The van der Waals surface area contributed by atoms with Gasteiger partial charge in [-0.15, -0.1) is 0 Å². The van der Waals surface area contributed by atoms with Crippen molar-refractivity contribution in [3.63, 3.8) is 0 Å². The van der Waals surface area contributed by atoms with Crippen LogP contribution in [0.15, 0.2) is 11.4 Å². The SMILES string of the molecule is O=[C+]c1sccc1Cl. The van der Waals surface area contributed by atoms with Crippen LogP contribution in [-0.2, 0) is 4.79 Å². The van der Waals surface area contributed by atoms with E-state index in [4.69, 9.17) is 11.6 Å². The van der Waals surface area contributed by atoms with E-state index in [-0.39, 0.29) is 0 Å². The van der Waals surface area contributed by atoms with Gasteiger partial charge in [-0.25, -0.2) is 0 Å². The maximum atomic E-state index is 9.89. The molecule has 0 spiro atoms. The van der Waals surface area contributed by atoms with Gasteiger partial charge in [-0.05, 0) is 0 Å². The van der Waals surface area contributed by atoms with Crippen molar-refractivity contribution in [2.24, 2.45) is 0 Å². The van der Waals surface area contributed by atoms with Crippen LogP contribution in [0, 0.1) is 0 Å². The molecule has 0 saturated heterocycles. The fourth-order valence-corrected chi connectivity index (χ4v) is 1.25. The van der Waals surface area contributed by atoms with Crippen molar-refractivity contribution in [2.45, 2.75) is 0 Å². The van der Waals surface area contributed by atoms with Crippen LogP contribution in [0.5, 0.6) is 0 Å². The molecular weight excluding hydrogens is 144 g/mol. The van der Waals surface area contributed by atoms with Gasteiger partial charge in [0.2, 0.25) is 5.02 Å². The Morgan fingerprint density at radius 3 is 2.75 bits per heavy atom. The summed E-state index contributed by atoms with van der Waals surface area (Å²) in [5.41, 5.74) is 0. The zero-order valence-corrected chi connectivity index (χ0v) is 5.42. The summed E-state index contributed by atoms with van der Waals surface area (Å²) in [4.78, 5) is 10.4. The first kappa shape index (κ1) is 5.70. The first-order valence-electron chi connectivity index (χ1n) is 1.95. The number of hydrogen-bond donors (Lipinski definition) is 0. The highest BCUT2D eigenvalue weighted by molar-refractivity contribution is 7.12. The molecule has 0 unspecified atom stereocenters. The molecule has 0 aliphatic rings. The molecule has 0 saturated carbocycles. The lowest BCUT2D eigenvalue weighted by molar-refractivity contribution is 0.563. The maximum Gasteiger partial charge on any atom is 0.378 e.